The van der Waals surface area contributed by atoms with Crippen molar-refractivity contribution in [3.8, 4) is 5.75 Å². The highest BCUT2D eigenvalue weighted by Crippen LogP contribution is 2.26. The average molecular weight is 255 g/mol. The van der Waals surface area contributed by atoms with Crippen molar-refractivity contribution in [2.45, 2.75) is 19.8 Å². The van der Waals surface area contributed by atoms with Crippen molar-refractivity contribution in [3.63, 3.8) is 0 Å². The minimum absolute atomic E-state index is 0.365. The smallest absolute Gasteiger partial charge is 0.138 e. The van der Waals surface area contributed by atoms with Crippen molar-refractivity contribution < 1.29 is 5.11 Å². The Labute approximate surface area is 115 Å². The van der Waals surface area contributed by atoms with E-state index in [9.17, 15) is 5.11 Å². The van der Waals surface area contributed by atoms with Gasteiger partial charge >= 0.3 is 0 Å². The molecule has 0 aliphatic heterocycles. The summed E-state index contributed by atoms with van der Waals surface area (Å²) in [5, 5.41) is 9.96. The van der Waals surface area contributed by atoms with Gasteiger partial charge in [-0.15, -0.1) is 0 Å². The van der Waals surface area contributed by atoms with Gasteiger partial charge in [-0.25, -0.2) is 0 Å². The molecule has 0 bridgehead atoms. The largest absolute Gasteiger partial charge is 0.506 e. The van der Waals surface area contributed by atoms with Crippen molar-refractivity contribution in [1.29, 1.82) is 0 Å². The van der Waals surface area contributed by atoms with Crippen LogP contribution in [0.25, 0.3) is 0 Å². The van der Waals surface area contributed by atoms with E-state index in [0.717, 1.165) is 31.6 Å². The molecule has 100 valence electrons. The molecule has 0 aliphatic carbocycles. The van der Waals surface area contributed by atoms with Gasteiger partial charge in [0, 0.05) is 13.1 Å². The van der Waals surface area contributed by atoms with Crippen LogP contribution in [0, 0.1) is 0 Å². The van der Waals surface area contributed by atoms with Gasteiger partial charge in [0.15, 0.2) is 0 Å². The number of hydrogen-bond donors (Lipinski definition) is 1. The second-order valence-electron chi connectivity index (χ2n) is 4.71. The van der Waals surface area contributed by atoms with Crippen LogP contribution in [0.3, 0.4) is 0 Å². The van der Waals surface area contributed by atoms with Gasteiger partial charge in [0.2, 0.25) is 0 Å². The quantitative estimate of drug-likeness (QED) is 0.847. The molecule has 0 fully saturated rings. The van der Waals surface area contributed by atoms with E-state index in [2.05, 4.69) is 36.1 Å². The SMILES string of the molecule is CCCN(CCc1ccccc1)c1ccccc1O. The molecule has 2 heteroatoms. The van der Waals surface area contributed by atoms with E-state index in [0.29, 0.717) is 5.75 Å². The summed E-state index contributed by atoms with van der Waals surface area (Å²) in [5.74, 6) is 0.365. The van der Waals surface area contributed by atoms with Crippen molar-refractivity contribution >= 4 is 5.69 Å². The van der Waals surface area contributed by atoms with Gasteiger partial charge in [0.1, 0.15) is 5.75 Å². The Morgan fingerprint density at radius 2 is 1.58 bits per heavy atom. The summed E-state index contributed by atoms with van der Waals surface area (Å²) in [6, 6.07) is 18.0. The fourth-order valence-corrected chi connectivity index (χ4v) is 2.26. The van der Waals surface area contributed by atoms with Crippen LogP contribution in [0.5, 0.6) is 5.75 Å². The van der Waals surface area contributed by atoms with E-state index in [-0.39, 0.29) is 0 Å². The molecule has 19 heavy (non-hydrogen) atoms. The summed E-state index contributed by atoms with van der Waals surface area (Å²) < 4.78 is 0. The van der Waals surface area contributed by atoms with E-state index in [1.54, 1.807) is 6.07 Å². The van der Waals surface area contributed by atoms with Crippen LogP contribution in [0.4, 0.5) is 5.69 Å². The van der Waals surface area contributed by atoms with E-state index in [1.165, 1.54) is 5.56 Å². The van der Waals surface area contributed by atoms with Gasteiger partial charge in [-0.3, -0.25) is 0 Å². The molecular formula is C17H21NO. The lowest BCUT2D eigenvalue weighted by atomic mass is 10.1. The Bertz CT molecular complexity index is 496. The predicted octanol–water partition coefficient (Wildman–Crippen LogP) is 3.85. The highest BCUT2D eigenvalue weighted by molar-refractivity contribution is 5.57. The zero-order valence-electron chi connectivity index (χ0n) is 11.4. The Kier molecular flexibility index (Phi) is 4.85. The van der Waals surface area contributed by atoms with Crippen LogP contribution in [0.15, 0.2) is 54.6 Å². The maximum Gasteiger partial charge on any atom is 0.138 e. The number of aromatic hydroxyl groups is 1. The molecule has 0 heterocycles. The first-order chi connectivity index (χ1) is 9.31. The number of hydrogen-bond acceptors (Lipinski definition) is 2. The third-order valence-electron chi connectivity index (χ3n) is 3.23. The average Bonchev–Trinajstić information content (AvgIpc) is 2.45. The zero-order valence-corrected chi connectivity index (χ0v) is 11.4. The van der Waals surface area contributed by atoms with Gasteiger partial charge in [-0.05, 0) is 30.5 Å². The van der Waals surface area contributed by atoms with Crippen molar-refractivity contribution in [3.05, 3.63) is 60.2 Å². The topological polar surface area (TPSA) is 23.5 Å². The Hall–Kier alpha value is -1.96. The van der Waals surface area contributed by atoms with Crippen LogP contribution in [-0.2, 0) is 6.42 Å². The summed E-state index contributed by atoms with van der Waals surface area (Å²) in [4.78, 5) is 2.25. The van der Waals surface area contributed by atoms with Crippen molar-refractivity contribution in [2.75, 3.05) is 18.0 Å². The van der Waals surface area contributed by atoms with Crippen LogP contribution in [-0.4, -0.2) is 18.2 Å². The molecule has 0 unspecified atom stereocenters. The molecule has 0 aromatic heterocycles. The molecule has 0 atom stereocenters. The van der Waals surface area contributed by atoms with Gasteiger partial charge in [-0.1, -0.05) is 49.4 Å². The van der Waals surface area contributed by atoms with E-state index >= 15 is 0 Å². The number of rotatable bonds is 6. The summed E-state index contributed by atoms with van der Waals surface area (Å²) >= 11 is 0. The molecule has 0 radical (unpaired) electrons. The van der Waals surface area contributed by atoms with Gasteiger partial charge in [0.05, 0.1) is 5.69 Å². The normalized spacial score (nSPS) is 10.4. The monoisotopic (exact) mass is 255 g/mol. The summed E-state index contributed by atoms with van der Waals surface area (Å²) in [6.07, 6.45) is 2.07. The highest BCUT2D eigenvalue weighted by Gasteiger charge is 2.09. The number of benzene rings is 2. The molecule has 1 N–H and O–H groups in total. The minimum atomic E-state index is 0.365. The van der Waals surface area contributed by atoms with Crippen LogP contribution >= 0.6 is 0 Å². The molecule has 2 aromatic rings. The third-order valence-corrected chi connectivity index (χ3v) is 3.23. The van der Waals surface area contributed by atoms with Crippen LogP contribution in [0.1, 0.15) is 18.9 Å². The maximum atomic E-state index is 9.96. The number of phenols is 1. The first-order valence-corrected chi connectivity index (χ1v) is 6.88. The first kappa shape index (κ1) is 13.5. The minimum Gasteiger partial charge on any atom is -0.506 e. The molecule has 0 saturated carbocycles. The van der Waals surface area contributed by atoms with Crippen molar-refractivity contribution in [1.82, 2.24) is 0 Å². The molecule has 0 saturated heterocycles. The highest BCUT2D eigenvalue weighted by atomic mass is 16.3. The summed E-state index contributed by atoms with van der Waals surface area (Å²) in [6.45, 7) is 4.05. The number of nitrogens with zero attached hydrogens (tertiary/aromatic N) is 1. The lowest BCUT2D eigenvalue weighted by Gasteiger charge is -2.25. The second kappa shape index (κ2) is 6.83. The van der Waals surface area contributed by atoms with Gasteiger partial charge in [0.25, 0.3) is 0 Å². The van der Waals surface area contributed by atoms with Crippen LogP contribution < -0.4 is 4.90 Å². The standard InChI is InChI=1S/C17H21NO/c1-2-13-18(16-10-6-7-11-17(16)19)14-12-15-8-4-3-5-9-15/h3-11,19H,2,12-14H2,1H3. The molecule has 2 nitrogen and oxygen atoms in total. The molecule has 2 aromatic carbocycles. The lowest BCUT2D eigenvalue weighted by Crippen LogP contribution is -2.26. The fraction of sp³-hybridized carbons (Fsp3) is 0.294. The first-order valence-electron chi connectivity index (χ1n) is 6.88. The van der Waals surface area contributed by atoms with Gasteiger partial charge in [-0.2, -0.15) is 0 Å². The number of phenolic OH excluding ortho intramolecular Hbond substituents is 1. The van der Waals surface area contributed by atoms with E-state index in [1.807, 2.05) is 24.3 Å². The molecule has 0 spiro atoms. The Morgan fingerprint density at radius 3 is 2.26 bits per heavy atom. The lowest BCUT2D eigenvalue weighted by molar-refractivity contribution is 0.473. The van der Waals surface area contributed by atoms with Crippen molar-refractivity contribution in [2.24, 2.45) is 0 Å². The number of para-hydroxylation sites is 2. The number of anilines is 1. The predicted molar refractivity (Wildman–Crippen MR) is 80.8 cm³/mol. The van der Waals surface area contributed by atoms with E-state index < -0.39 is 0 Å². The van der Waals surface area contributed by atoms with Gasteiger partial charge < -0.3 is 10.0 Å². The second-order valence-corrected chi connectivity index (χ2v) is 4.71. The molecule has 2 rings (SSSR count). The fourth-order valence-electron chi connectivity index (χ4n) is 2.26. The molecule has 0 aliphatic rings. The third kappa shape index (κ3) is 3.75. The molecule has 0 amide bonds. The zero-order chi connectivity index (χ0) is 13.5. The molecular weight excluding hydrogens is 234 g/mol. The summed E-state index contributed by atoms with van der Waals surface area (Å²) in [5.41, 5.74) is 2.26. The summed E-state index contributed by atoms with van der Waals surface area (Å²) in [7, 11) is 0. The maximum absolute atomic E-state index is 9.96. The van der Waals surface area contributed by atoms with E-state index in [4.69, 9.17) is 0 Å². The Balaban J connectivity index is 2.07. The van der Waals surface area contributed by atoms with Crippen LogP contribution in [0.2, 0.25) is 0 Å². The Morgan fingerprint density at radius 1 is 0.895 bits per heavy atom.